The van der Waals surface area contributed by atoms with E-state index in [2.05, 4.69) is 24.8 Å². The highest BCUT2D eigenvalue weighted by Crippen LogP contribution is 2.05. The first-order valence-corrected chi connectivity index (χ1v) is 3.68. The lowest BCUT2D eigenvalue weighted by Crippen LogP contribution is -1.70. The Morgan fingerprint density at radius 3 is 2.45 bits per heavy atom. The SMILES string of the molecule is C=C/C(C)=C/c1ccccc1. The minimum Gasteiger partial charge on any atom is -0.0988 e. The molecule has 0 heterocycles. The van der Waals surface area contributed by atoms with Crippen LogP contribution in [0.1, 0.15) is 12.5 Å². The average Bonchev–Trinajstić information content (AvgIpc) is 2.06. The van der Waals surface area contributed by atoms with Gasteiger partial charge >= 0.3 is 0 Å². The minimum absolute atomic E-state index is 1.19. The van der Waals surface area contributed by atoms with E-state index in [4.69, 9.17) is 0 Å². The van der Waals surface area contributed by atoms with Crippen LogP contribution >= 0.6 is 0 Å². The van der Waals surface area contributed by atoms with Crippen molar-refractivity contribution in [2.24, 2.45) is 0 Å². The molecule has 0 atom stereocenters. The van der Waals surface area contributed by atoms with Gasteiger partial charge in [0.05, 0.1) is 0 Å². The van der Waals surface area contributed by atoms with Crippen molar-refractivity contribution in [1.29, 1.82) is 0 Å². The lowest BCUT2D eigenvalue weighted by Gasteiger charge is -1.92. The van der Waals surface area contributed by atoms with E-state index in [-0.39, 0.29) is 0 Å². The van der Waals surface area contributed by atoms with Crippen LogP contribution in [-0.4, -0.2) is 0 Å². The van der Waals surface area contributed by atoms with E-state index in [9.17, 15) is 0 Å². The summed E-state index contributed by atoms with van der Waals surface area (Å²) in [5.74, 6) is 0. The van der Waals surface area contributed by atoms with Gasteiger partial charge < -0.3 is 0 Å². The van der Waals surface area contributed by atoms with Crippen LogP contribution in [0.3, 0.4) is 0 Å². The zero-order chi connectivity index (χ0) is 8.10. The van der Waals surface area contributed by atoms with E-state index in [1.54, 1.807) is 0 Å². The predicted molar refractivity (Wildman–Crippen MR) is 50.3 cm³/mol. The molecule has 0 spiro atoms. The molecular formula is C11H12. The summed E-state index contributed by atoms with van der Waals surface area (Å²) >= 11 is 0. The maximum absolute atomic E-state index is 3.69. The summed E-state index contributed by atoms with van der Waals surface area (Å²) in [7, 11) is 0. The molecule has 0 amide bonds. The first-order valence-electron chi connectivity index (χ1n) is 3.68. The van der Waals surface area contributed by atoms with E-state index in [1.165, 1.54) is 11.1 Å². The summed E-state index contributed by atoms with van der Waals surface area (Å²) in [5, 5.41) is 0. The van der Waals surface area contributed by atoms with Crippen LogP contribution in [0.2, 0.25) is 0 Å². The van der Waals surface area contributed by atoms with E-state index >= 15 is 0 Å². The van der Waals surface area contributed by atoms with Crippen molar-refractivity contribution in [3.05, 3.63) is 54.1 Å². The van der Waals surface area contributed by atoms with Gasteiger partial charge in [-0.05, 0) is 12.5 Å². The molecule has 0 unspecified atom stereocenters. The van der Waals surface area contributed by atoms with Crippen LogP contribution in [0.15, 0.2) is 48.6 Å². The Kier molecular flexibility index (Phi) is 2.67. The lowest BCUT2D eigenvalue weighted by molar-refractivity contribution is 1.55. The third-order valence-corrected chi connectivity index (χ3v) is 1.52. The summed E-state index contributed by atoms with van der Waals surface area (Å²) in [6.45, 7) is 5.73. The van der Waals surface area contributed by atoms with Crippen molar-refractivity contribution < 1.29 is 0 Å². The topological polar surface area (TPSA) is 0 Å². The zero-order valence-corrected chi connectivity index (χ0v) is 6.75. The molecule has 1 aromatic rings. The molecule has 0 radical (unpaired) electrons. The number of allylic oxidation sites excluding steroid dienone is 2. The maximum atomic E-state index is 3.69. The predicted octanol–water partition coefficient (Wildman–Crippen LogP) is 3.28. The summed E-state index contributed by atoms with van der Waals surface area (Å²) in [5.41, 5.74) is 2.42. The van der Waals surface area contributed by atoms with Crippen LogP contribution in [0, 0.1) is 0 Å². The first-order chi connectivity index (χ1) is 5.33. The van der Waals surface area contributed by atoms with Crippen LogP contribution in [0.4, 0.5) is 0 Å². The second-order valence-corrected chi connectivity index (χ2v) is 2.50. The highest BCUT2D eigenvalue weighted by Gasteiger charge is 1.83. The number of hydrogen-bond acceptors (Lipinski definition) is 0. The smallest absolute Gasteiger partial charge is 0.0254 e. The second-order valence-electron chi connectivity index (χ2n) is 2.50. The Labute approximate surface area is 67.9 Å². The quantitative estimate of drug-likeness (QED) is 0.559. The van der Waals surface area contributed by atoms with Gasteiger partial charge in [-0.25, -0.2) is 0 Å². The van der Waals surface area contributed by atoms with Crippen molar-refractivity contribution in [3.8, 4) is 0 Å². The molecule has 56 valence electrons. The standard InChI is InChI=1S/C11H12/c1-3-10(2)9-11-7-5-4-6-8-11/h3-9H,1H2,2H3/b10-9+. The molecule has 0 saturated heterocycles. The summed E-state index contributed by atoms with van der Waals surface area (Å²) in [6, 6.07) is 10.2. The summed E-state index contributed by atoms with van der Waals surface area (Å²) < 4.78 is 0. The van der Waals surface area contributed by atoms with Crippen LogP contribution in [0.25, 0.3) is 6.08 Å². The van der Waals surface area contributed by atoms with Crippen LogP contribution in [-0.2, 0) is 0 Å². The highest BCUT2D eigenvalue weighted by molar-refractivity contribution is 5.54. The molecule has 0 fully saturated rings. The molecule has 0 bridgehead atoms. The van der Waals surface area contributed by atoms with Crippen molar-refractivity contribution in [2.45, 2.75) is 6.92 Å². The third-order valence-electron chi connectivity index (χ3n) is 1.52. The normalized spacial score (nSPS) is 11.2. The van der Waals surface area contributed by atoms with E-state index in [0.29, 0.717) is 0 Å². The molecule has 0 aliphatic carbocycles. The van der Waals surface area contributed by atoms with Crippen molar-refractivity contribution in [1.82, 2.24) is 0 Å². The van der Waals surface area contributed by atoms with Crippen LogP contribution in [0.5, 0.6) is 0 Å². The van der Waals surface area contributed by atoms with Gasteiger partial charge in [0.2, 0.25) is 0 Å². The van der Waals surface area contributed by atoms with Crippen molar-refractivity contribution >= 4 is 6.08 Å². The van der Waals surface area contributed by atoms with Gasteiger partial charge in [-0.2, -0.15) is 0 Å². The molecule has 0 aliphatic heterocycles. The number of hydrogen-bond donors (Lipinski definition) is 0. The van der Waals surface area contributed by atoms with Gasteiger partial charge in [-0.3, -0.25) is 0 Å². The fraction of sp³-hybridized carbons (Fsp3) is 0.0909. The maximum Gasteiger partial charge on any atom is -0.0254 e. The molecule has 0 aliphatic rings. The Bertz CT molecular complexity index is 255. The monoisotopic (exact) mass is 144 g/mol. The molecule has 1 aromatic carbocycles. The van der Waals surface area contributed by atoms with Gasteiger partial charge in [0, 0.05) is 0 Å². The summed E-state index contributed by atoms with van der Waals surface area (Å²) in [4.78, 5) is 0. The van der Waals surface area contributed by atoms with E-state index < -0.39 is 0 Å². The Morgan fingerprint density at radius 2 is 1.91 bits per heavy atom. The first kappa shape index (κ1) is 7.80. The molecule has 0 heteroatoms. The van der Waals surface area contributed by atoms with Crippen molar-refractivity contribution in [2.75, 3.05) is 0 Å². The summed E-state index contributed by atoms with van der Waals surface area (Å²) in [6.07, 6.45) is 3.96. The zero-order valence-electron chi connectivity index (χ0n) is 6.75. The third kappa shape index (κ3) is 2.42. The molecule has 0 aromatic heterocycles. The minimum atomic E-state index is 1.19. The second kappa shape index (κ2) is 3.77. The van der Waals surface area contributed by atoms with Crippen molar-refractivity contribution in [3.63, 3.8) is 0 Å². The van der Waals surface area contributed by atoms with Crippen LogP contribution < -0.4 is 0 Å². The molecule has 0 N–H and O–H groups in total. The van der Waals surface area contributed by atoms with Gasteiger partial charge in [-0.15, -0.1) is 0 Å². The van der Waals surface area contributed by atoms with E-state index in [0.717, 1.165) is 0 Å². The molecule has 0 nitrogen and oxygen atoms in total. The Morgan fingerprint density at radius 1 is 1.27 bits per heavy atom. The Hall–Kier alpha value is -1.30. The molecule has 0 saturated carbocycles. The average molecular weight is 144 g/mol. The largest absolute Gasteiger partial charge is 0.0988 e. The highest BCUT2D eigenvalue weighted by atomic mass is 13.9. The van der Waals surface area contributed by atoms with Gasteiger partial charge in [0.1, 0.15) is 0 Å². The van der Waals surface area contributed by atoms with Gasteiger partial charge in [-0.1, -0.05) is 54.6 Å². The fourth-order valence-corrected chi connectivity index (χ4v) is 0.871. The van der Waals surface area contributed by atoms with E-state index in [1.807, 2.05) is 31.2 Å². The lowest BCUT2D eigenvalue weighted by atomic mass is 10.1. The molecular weight excluding hydrogens is 132 g/mol. The molecule has 1 rings (SSSR count). The Balaban J connectivity index is 2.87. The van der Waals surface area contributed by atoms with Gasteiger partial charge in [0.15, 0.2) is 0 Å². The molecule has 11 heavy (non-hydrogen) atoms. The van der Waals surface area contributed by atoms with Gasteiger partial charge in [0.25, 0.3) is 0 Å². The fourth-order valence-electron chi connectivity index (χ4n) is 0.871. The number of rotatable bonds is 2. The number of benzene rings is 1.